The molecule has 3 fully saturated rings. The number of carbonyl (C=O) groups excluding carboxylic acids is 1. The van der Waals surface area contributed by atoms with E-state index in [1.807, 2.05) is 4.90 Å². The lowest BCUT2D eigenvalue weighted by Crippen LogP contribution is -2.51. The molecule has 148 valence electrons. The number of nitrogens with zero attached hydrogens (tertiary/aromatic N) is 4. The second kappa shape index (κ2) is 8.48. The van der Waals surface area contributed by atoms with Crippen molar-refractivity contribution in [2.45, 2.75) is 31.8 Å². The minimum absolute atomic E-state index is 0.0738. The first-order chi connectivity index (χ1) is 13.2. The molecule has 1 aliphatic carbocycles. The van der Waals surface area contributed by atoms with Gasteiger partial charge in [-0.15, -0.1) is 0 Å². The summed E-state index contributed by atoms with van der Waals surface area (Å²) in [5.74, 6) is 1.50. The third kappa shape index (κ3) is 5.35. The average Bonchev–Trinajstić information content (AvgIpc) is 3.49. The van der Waals surface area contributed by atoms with E-state index in [0.29, 0.717) is 25.0 Å². The molecule has 7 nitrogen and oxygen atoms in total. The molecule has 1 aromatic heterocycles. The zero-order chi connectivity index (χ0) is 18.6. The standard InChI is InChI=1S/C19H28FN5O2/c20-16-7-21-19(22-8-16)23-9-17-12-25(18(26)13-27-17)11-15-3-5-24(6-4-15)10-14-1-2-14/h7-8,14-15,17H,1-6,9-13H2,(H,21,22,23). The first-order valence-corrected chi connectivity index (χ1v) is 9.99. The van der Waals surface area contributed by atoms with Gasteiger partial charge in [-0.2, -0.15) is 0 Å². The number of likely N-dealkylation sites (tertiary alicyclic amines) is 1. The Morgan fingerprint density at radius 1 is 1.11 bits per heavy atom. The summed E-state index contributed by atoms with van der Waals surface area (Å²) in [6.07, 6.45) is 7.30. The number of halogens is 1. The quantitative estimate of drug-likeness (QED) is 0.774. The average molecular weight is 377 g/mol. The number of ether oxygens (including phenoxy) is 1. The van der Waals surface area contributed by atoms with E-state index in [4.69, 9.17) is 4.74 Å². The number of nitrogens with one attached hydrogen (secondary N) is 1. The highest BCUT2D eigenvalue weighted by Gasteiger charge is 2.31. The number of hydrogen-bond acceptors (Lipinski definition) is 6. The van der Waals surface area contributed by atoms with Crippen molar-refractivity contribution in [2.75, 3.05) is 51.2 Å². The summed E-state index contributed by atoms with van der Waals surface area (Å²) in [5.41, 5.74) is 0. The van der Waals surface area contributed by atoms with Gasteiger partial charge in [0.05, 0.1) is 18.5 Å². The number of carbonyl (C=O) groups is 1. The highest BCUT2D eigenvalue weighted by Crippen LogP contribution is 2.31. The van der Waals surface area contributed by atoms with Crippen LogP contribution >= 0.6 is 0 Å². The third-order valence-electron chi connectivity index (χ3n) is 5.73. The molecule has 1 saturated carbocycles. The zero-order valence-electron chi connectivity index (χ0n) is 15.6. The maximum atomic E-state index is 12.9. The van der Waals surface area contributed by atoms with Gasteiger partial charge in [0.2, 0.25) is 11.9 Å². The smallest absolute Gasteiger partial charge is 0.248 e. The molecule has 0 radical (unpaired) electrons. The van der Waals surface area contributed by atoms with Crippen LogP contribution in [0.1, 0.15) is 25.7 Å². The van der Waals surface area contributed by atoms with Crippen molar-refractivity contribution in [2.24, 2.45) is 11.8 Å². The number of anilines is 1. The highest BCUT2D eigenvalue weighted by molar-refractivity contribution is 5.78. The lowest BCUT2D eigenvalue weighted by molar-refractivity contribution is -0.149. The molecule has 0 aromatic carbocycles. The van der Waals surface area contributed by atoms with E-state index >= 15 is 0 Å². The molecule has 1 atom stereocenters. The minimum Gasteiger partial charge on any atom is -0.365 e. The van der Waals surface area contributed by atoms with Gasteiger partial charge in [0.1, 0.15) is 6.61 Å². The number of amides is 1. The fourth-order valence-electron chi connectivity index (χ4n) is 3.92. The Labute approximate surface area is 159 Å². The van der Waals surface area contributed by atoms with Crippen LogP contribution in [0.15, 0.2) is 12.4 Å². The Bertz CT molecular complexity index is 631. The molecule has 0 spiro atoms. The van der Waals surface area contributed by atoms with Crippen LogP contribution in [0.5, 0.6) is 0 Å². The van der Waals surface area contributed by atoms with Crippen molar-refractivity contribution < 1.29 is 13.9 Å². The Hall–Kier alpha value is -1.80. The molecule has 1 amide bonds. The van der Waals surface area contributed by atoms with Crippen molar-refractivity contribution in [1.29, 1.82) is 0 Å². The maximum absolute atomic E-state index is 12.9. The van der Waals surface area contributed by atoms with Crippen molar-refractivity contribution in [3.05, 3.63) is 18.2 Å². The molecular formula is C19H28FN5O2. The van der Waals surface area contributed by atoms with Crippen molar-refractivity contribution >= 4 is 11.9 Å². The van der Waals surface area contributed by atoms with E-state index in [9.17, 15) is 9.18 Å². The van der Waals surface area contributed by atoms with Crippen molar-refractivity contribution in [3.63, 3.8) is 0 Å². The fraction of sp³-hybridized carbons (Fsp3) is 0.737. The number of rotatable bonds is 7. The van der Waals surface area contributed by atoms with E-state index < -0.39 is 5.82 Å². The van der Waals surface area contributed by atoms with E-state index in [1.165, 1.54) is 32.2 Å². The summed E-state index contributed by atoms with van der Waals surface area (Å²) >= 11 is 0. The lowest BCUT2D eigenvalue weighted by Gasteiger charge is -2.38. The van der Waals surface area contributed by atoms with Crippen LogP contribution in [0, 0.1) is 17.7 Å². The van der Waals surface area contributed by atoms with Gasteiger partial charge in [-0.25, -0.2) is 14.4 Å². The van der Waals surface area contributed by atoms with Crippen LogP contribution in [0.2, 0.25) is 0 Å². The summed E-state index contributed by atoms with van der Waals surface area (Å²) in [5, 5.41) is 3.05. The zero-order valence-corrected chi connectivity index (χ0v) is 15.6. The summed E-state index contributed by atoms with van der Waals surface area (Å²) in [7, 11) is 0. The summed E-state index contributed by atoms with van der Waals surface area (Å²) in [6.45, 7) is 5.60. The molecule has 4 rings (SSSR count). The van der Waals surface area contributed by atoms with E-state index in [0.717, 1.165) is 37.9 Å². The molecule has 3 heterocycles. The fourth-order valence-corrected chi connectivity index (χ4v) is 3.92. The van der Waals surface area contributed by atoms with Gasteiger partial charge in [0.15, 0.2) is 5.82 Å². The van der Waals surface area contributed by atoms with Gasteiger partial charge in [0, 0.05) is 26.2 Å². The molecule has 8 heteroatoms. The first kappa shape index (κ1) is 18.6. The predicted octanol–water partition coefficient (Wildman–Crippen LogP) is 1.38. The Kier molecular flexibility index (Phi) is 5.83. The molecule has 2 saturated heterocycles. The molecule has 1 N–H and O–H groups in total. The Morgan fingerprint density at radius 2 is 1.81 bits per heavy atom. The molecule has 3 aliphatic rings. The third-order valence-corrected chi connectivity index (χ3v) is 5.73. The van der Waals surface area contributed by atoms with Crippen LogP contribution in [0.4, 0.5) is 10.3 Å². The van der Waals surface area contributed by atoms with Gasteiger partial charge in [-0.3, -0.25) is 4.79 Å². The summed E-state index contributed by atoms with van der Waals surface area (Å²) in [4.78, 5) is 24.6. The summed E-state index contributed by atoms with van der Waals surface area (Å²) < 4.78 is 18.5. The van der Waals surface area contributed by atoms with Crippen molar-refractivity contribution in [3.8, 4) is 0 Å². The van der Waals surface area contributed by atoms with E-state index in [-0.39, 0.29) is 18.6 Å². The normalized spacial score (nSPS) is 25.0. The maximum Gasteiger partial charge on any atom is 0.248 e. The van der Waals surface area contributed by atoms with Gasteiger partial charge < -0.3 is 19.9 Å². The molecular weight excluding hydrogens is 349 g/mol. The number of morpholine rings is 1. The van der Waals surface area contributed by atoms with Crippen LogP contribution in [-0.2, 0) is 9.53 Å². The predicted molar refractivity (Wildman–Crippen MR) is 98.7 cm³/mol. The van der Waals surface area contributed by atoms with Gasteiger partial charge in [-0.05, 0) is 50.6 Å². The Balaban J connectivity index is 1.21. The van der Waals surface area contributed by atoms with E-state index in [1.54, 1.807) is 0 Å². The molecule has 1 aromatic rings. The highest BCUT2D eigenvalue weighted by atomic mass is 19.1. The SMILES string of the molecule is O=C1COC(CNc2ncc(F)cn2)CN1CC1CCN(CC2CC2)CC1. The van der Waals surface area contributed by atoms with Gasteiger partial charge in [-0.1, -0.05) is 0 Å². The minimum atomic E-state index is -0.464. The first-order valence-electron chi connectivity index (χ1n) is 9.99. The van der Waals surface area contributed by atoms with Crippen LogP contribution < -0.4 is 5.32 Å². The number of aromatic nitrogens is 2. The van der Waals surface area contributed by atoms with Gasteiger partial charge in [0.25, 0.3) is 0 Å². The van der Waals surface area contributed by atoms with Crippen LogP contribution in [0.25, 0.3) is 0 Å². The van der Waals surface area contributed by atoms with Crippen molar-refractivity contribution in [1.82, 2.24) is 19.8 Å². The second-order valence-electron chi connectivity index (χ2n) is 8.02. The molecule has 27 heavy (non-hydrogen) atoms. The molecule has 0 bridgehead atoms. The number of hydrogen-bond donors (Lipinski definition) is 1. The monoisotopic (exact) mass is 377 g/mol. The van der Waals surface area contributed by atoms with E-state index in [2.05, 4.69) is 20.2 Å². The number of piperidine rings is 1. The summed E-state index contributed by atoms with van der Waals surface area (Å²) in [6, 6.07) is 0. The topological polar surface area (TPSA) is 70.6 Å². The van der Waals surface area contributed by atoms with Crippen LogP contribution in [-0.4, -0.2) is 77.7 Å². The Morgan fingerprint density at radius 3 is 2.52 bits per heavy atom. The second-order valence-corrected chi connectivity index (χ2v) is 8.02. The van der Waals surface area contributed by atoms with Crippen LogP contribution in [0.3, 0.4) is 0 Å². The van der Waals surface area contributed by atoms with Gasteiger partial charge >= 0.3 is 0 Å². The molecule has 1 unspecified atom stereocenters. The molecule has 2 aliphatic heterocycles. The largest absolute Gasteiger partial charge is 0.365 e. The lowest BCUT2D eigenvalue weighted by atomic mass is 9.95.